The minimum absolute atomic E-state index is 0.132. The van der Waals surface area contributed by atoms with Gasteiger partial charge in [-0.15, -0.1) is 0 Å². The fourth-order valence-corrected chi connectivity index (χ4v) is 3.33. The lowest BCUT2D eigenvalue weighted by Gasteiger charge is -2.26. The molecule has 0 bridgehead atoms. The molecule has 2 aliphatic rings. The van der Waals surface area contributed by atoms with E-state index in [1.165, 1.54) is 24.3 Å². The molecule has 0 aromatic rings. The third-order valence-electron chi connectivity index (χ3n) is 2.93. The van der Waals surface area contributed by atoms with Crippen LogP contribution in [0.25, 0.3) is 0 Å². The van der Waals surface area contributed by atoms with E-state index in [4.69, 9.17) is 0 Å². The fourth-order valence-electron chi connectivity index (χ4n) is 2.19. The summed E-state index contributed by atoms with van der Waals surface area (Å²) < 4.78 is 0. The van der Waals surface area contributed by atoms with Crippen LogP contribution >= 0.6 is 11.8 Å². The van der Waals surface area contributed by atoms with E-state index in [0.717, 1.165) is 6.54 Å². The zero-order valence-corrected chi connectivity index (χ0v) is 9.13. The Balaban J connectivity index is 1.81. The number of likely N-dealkylation sites (tertiary alicyclic amines) is 1. The van der Waals surface area contributed by atoms with Gasteiger partial charge >= 0.3 is 0 Å². The average molecular weight is 215 g/mol. The van der Waals surface area contributed by atoms with Crippen LogP contribution in [0.4, 0.5) is 0 Å². The molecule has 3 nitrogen and oxygen atoms in total. The topological polar surface area (TPSA) is 40.5 Å². The molecule has 2 heterocycles. The van der Waals surface area contributed by atoms with Crippen molar-refractivity contribution in [2.45, 2.75) is 25.4 Å². The van der Waals surface area contributed by atoms with Crippen LogP contribution in [0, 0.1) is 5.92 Å². The van der Waals surface area contributed by atoms with Crippen molar-refractivity contribution in [3.63, 3.8) is 0 Å². The van der Waals surface area contributed by atoms with Crippen molar-refractivity contribution in [1.82, 2.24) is 4.90 Å². The highest BCUT2D eigenvalue weighted by molar-refractivity contribution is 7.99. The summed E-state index contributed by atoms with van der Waals surface area (Å²) in [4.78, 5) is 13.3. The van der Waals surface area contributed by atoms with Crippen LogP contribution in [0.1, 0.15) is 19.3 Å². The van der Waals surface area contributed by atoms with Crippen LogP contribution in [0.2, 0.25) is 0 Å². The molecule has 0 spiro atoms. The maximum Gasteiger partial charge on any atom is 0.225 e. The molecule has 2 aliphatic heterocycles. The molecule has 2 saturated heterocycles. The van der Waals surface area contributed by atoms with Gasteiger partial charge in [-0.3, -0.25) is 4.79 Å². The Labute approximate surface area is 88.9 Å². The standard InChI is InChI=1S/C10H17NO2S/c12-9-4-10(13)11(6-9)5-8-2-1-3-14-7-8/h8-9,12H,1-7H2. The first kappa shape index (κ1) is 10.3. The fraction of sp³-hybridized carbons (Fsp3) is 0.900. The molecule has 0 aliphatic carbocycles. The van der Waals surface area contributed by atoms with Crippen LogP contribution in [-0.2, 0) is 4.79 Å². The highest BCUT2D eigenvalue weighted by Gasteiger charge is 2.29. The van der Waals surface area contributed by atoms with E-state index < -0.39 is 6.10 Å². The second kappa shape index (κ2) is 4.53. The first-order valence-corrected chi connectivity index (χ1v) is 6.45. The summed E-state index contributed by atoms with van der Waals surface area (Å²) in [7, 11) is 0. The Morgan fingerprint density at radius 1 is 1.57 bits per heavy atom. The van der Waals surface area contributed by atoms with Gasteiger partial charge in [0.05, 0.1) is 12.5 Å². The Kier molecular flexibility index (Phi) is 3.34. The Morgan fingerprint density at radius 2 is 2.43 bits per heavy atom. The monoisotopic (exact) mass is 215 g/mol. The van der Waals surface area contributed by atoms with E-state index in [1.807, 2.05) is 16.7 Å². The van der Waals surface area contributed by atoms with E-state index in [0.29, 0.717) is 18.9 Å². The molecule has 14 heavy (non-hydrogen) atoms. The zero-order valence-electron chi connectivity index (χ0n) is 8.32. The van der Waals surface area contributed by atoms with Crippen molar-refractivity contribution < 1.29 is 9.90 Å². The van der Waals surface area contributed by atoms with Crippen molar-refractivity contribution in [3.8, 4) is 0 Å². The van der Waals surface area contributed by atoms with Gasteiger partial charge in [0.25, 0.3) is 0 Å². The quantitative estimate of drug-likeness (QED) is 0.738. The van der Waals surface area contributed by atoms with Gasteiger partial charge in [-0.1, -0.05) is 0 Å². The number of thioether (sulfide) groups is 1. The molecule has 0 aromatic heterocycles. The summed E-state index contributed by atoms with van der Waals surface area (Å²) in [6.07, 6.45) is 2.44. The predicted molar refractivity (Wildman–Crippen MR) is 57.3 cm³/mol. The van der Waals surface area contributed by atoms with Gasteiger partial charge in [0.2, 0.25) is 5.91 Å². The van der Waals surface area contributed by atoms with Gasteiger partial charge in [-0.2, -0.15) is 11.8 Å². The predicted octanol–water partition coefficient (Wildman–Crippen LogP) is 0.723. The molecule has 0 aromatic carbocycles. The van der Waals surface area contributed by atoms with E-state index in [1.54, 1.807) is 0 Å². The van der Waals surface area contributed by atoms with Crippen LogP contribution in [0.3, 0.4) is 0 Å². The lowest BCUT2D eigenvalue weighted by atomic mass is 10.1. The van der Waals surface area contributed by atoms with Crippen molar-refractivity contribution in [2.75, 3.05) is 24.6 Å². The van der Waals surface area contributed by atoms with Crippen LogP contribution in [0.15, 0.2) is 0 Å². The largest absolute Gasteiger partial charge is 0.391 e. The van der Waals surface area contributed by atoms with Crippen LogP contribution in [-0.4, -0.2) is 46.6 Å². The number of rotatable bonds is 2. The van der Waals surface area contributed by atoms with Gasteiger partial charge in [0.1, 0.15) is 0 Å². The number of hydrogen-bond donors (Lipinski definition) is 1. The Morgan fingerprint density at radius 3 is 3.00 bits per heavy atom. The van der Waals surface area contributed by atoms with E-state index in [9.17, 15) is 9.90 Å². The average Bonchev–Trinajstić information content (AvgIpc) is 2.47. The normalized spacial score (nSPS) is 33.8. The number of nitrogens with zero attached hydrogens (tertiary/aromatic N) is 1. The minimum Gasteiger partial charge on any atom is -0.391 e. The van der Waals surface area contributed by atoms with Crippen molar-refractivity contribution in [3.05, 3.63) is 0 Å². The molecule has 1 amide bonds. The van der Waals surface area contributed by atoms with Gasteiger partial charge in [-0.05, 0) is 30.3 Å². The first-order valence-electron chi connectivity index (χ1n) is 5.29. The summed E-state index contributed by atoms with van der Waals surface area (Å²) in [5, 5.41) is 9.33. The number of β-amino-alcohol motifs (C(OH)–C–C–N with tert-alkyl or cyclic N) is 1. The summed E-state index contributed by atoms with van der Waals surface area (Å²) in [6, 6.07) is 0. The van der Waals surface area contributed by atoms with Crippen LogP contribution in [0.5, 0.6) is 0 Å². The smallest absolute Gasteiger partial charge is 0.225 e. The molecule has 1 N–H and O–H groups in total. The molecule has 4 heteroatoms. The highest BCUT2D eigenvalue weighted by atomic mass is 32.2. The van der Waals surface area contributed by atoms with Gasteiger partial charge in [0, 0.05) is 13.1 Å². The van der Waals surface area contributed by atoms with E-state index in [2.05, 4.69) is 0 Å². The third kappa shape index (κ3) is 2.42. The lowest BCUT2D eigenvalue weighted by molar-refractivity contribution is -0.128. The number of amides is 1. The summed E-state index contributed by atoms with van der Waals surface area (Å²) in [5.74, 6) is 3.24. The molecular formula is C10H17NO2S. The highest BCUT2D eigenvalue weighted by Crippen LogP contribution is 2.24. The molecular weight excluding hydrogens is 198 g/mol. The maximum atomic E-state index is 11.4. The van der Waals surface area contributed by atoms with Crippen LogP contribution < -0.4 is 0 Å². The molecule has 2 fully saturated rings. The second-order valence-electron chi connectivity index (χ2n) is 4.24. The summed E-state index contributed by atoms with van der Waals surface area (Å²) in [6.45, 7) is 1.42. The Bertz CT molecular complexity index is 216. The zero-order chi connectivity index (χ0) is 9.97. The summed E-state index contributed by atoms with van der Waals surface area (Å²) >= 11 is 1.99. The SMILES string of the molecule is O=C1CC(O)CN1CC1CCCSC1. The third-order valence-corrected chi connectivity index (χ3v) is 4.21. The Hall–Kier alpha value is -0.220. The number of carbonyl (C=O) groups is 1. The second-order valence-corrected chi connectivity index (χ2v) is 5.39. The number of hydrogen-bond acceptors (Lipinski definition) is 3. The van der Waals surface area contributed by atoms with E-state index in [-0.39, 0.29) is 5.91 Å². The number of carbonyl (C=O) groups excluding carboxylic acids is 1. The molecule has 0 radical (unpaired) electrons. The maximum absolute atomic E-state index is 11.4. The molecule has 2 unspecified atom stereocenters. The molecule has 2 atom stereocenters. The van der Waals surface area contributed by atoms with Gasteiger partial charge in [-0.25, -0.2) is 0 Å². The first-order chi connectivity index (χ1) is 6.75. The van der Waals surface area contributed by atoms with E-state index >= 15 is 0 Å². The summed E-state index contributed by atoms with van der Waals surface area (Å²) in [5.41, 5.74) is 0. The number of aliphatic hydroxyl groups is 1. The van der Waals surface area contributed by atoms with Crippen molar-refractivity contribution in [2.24, 2.45) is 5.92 Å². The number of aliphatic hydroxyl groups excluding tert-OH is 1. The molecule has 2 rings (SSSR count). The molecule has 80 valence electrons. The lowest BCUT2D eigenvalue weighted by Crippen LogP contribution is -2.33. The minimum atomic E-state index is -0.418. The molecule has 0 saturated carbocycles. The van der Waals surface area contributed by atoms with Crippen molar-refractivity contribution >= 4 is 17.7 Å². The van der Waals surface area contributed by atoms with Crippen molar-refractivity contribution in [1.29, 1.82) is 0 Å². The van der Waals surface area contributed by atoms with Gasteiger partial charge in [0.15, 0.2) is 0 Å². The van der Waals surface area contributed by atoms with Gasteiger partial charge < -0.3 is 10.0 Å².